The SMILES string of the molecule is CNC(=O)[C@H](Cc1ccc2ccccc2c1)NC(=O)[C@H](CCC[N+](=O)[O-])N=C(N)NNC(=O)[C@H](N)Cc1ccccc1. The lowest BCUT2D eigenvalue weighted by Gasteiger charge is -2.21. The molecule has 3 atom stereocenters. The number of nitrogens with zero attached hydrogens (tertiary/aromatic N) is 2. The molecule has 13 heteroatoms. The number of hydrazine groups is 1. The number of benzene rings is 3. The van der Waals surface area contributed by atoms with Crippen LogP contribution in [0.25, 0.3) is 10.8 Å². The quantitative estimate of drug-likeness (QED) is 0.0731. The van der Waals surface area contributed by atoms with E-state index in [1.54, 1.807) is 0 Å². The molecule has 0 bridgehead atoms. The molecule has 13 nitrogen and oxygen atoms in total. The van der Waals surface area contributed by atoms with E-state index in [0.29, 0.717) is 0 Å². The lowest BCUT2D eigenvalue weighted by molar-refractivity contribution is -0.480. The molecule has 0 aliphatic carbocycles. The Bertz CT molecular complexity index is 1420. The van der Waals surface area contributed by atoms with Crippen molar-refractivity contribution in [3.8, 4) is 0 Å². The van der Waals surface area contributed by atoms with Crippen molar-refractivity contribution < 1.29 is 19.3 Å². The summed E-state index contributed by atoms with van der Waals surface area (Å²) in [7, 11) is 1.46. The first kappa shape index (κ1) is 31.5. The van der Waals surface area contributed by atoms with Gasteiger partial charge in [0.25, 0.3) is 5.91 Å². The highest BCUT2D eigenvalue weighted by Crippen LogP contribution is 2.17. The number of carbonyl (C=O) groups is 3. The average molecular weight is 577 g/mol. The number of fused-ring (bicyclic) bond motifs is 1. The monoisotopic (exact) mass is 576 g/mol. The highest BCUT2D eigenvalue weighted by Gasteiger charge is 2.26. The summed E-state index contributed by atoms with van der Waals surface area (Å²) in [5, 5.41) is 18.1. The van der Waals surface area contributed by atoms with Crippen molar-refractivity contribution >= 4 is 34.5 Å². The van der Waals surface area contributed by atoms with Gasteiger partial charge in [0.1, 0.15) is 12.1 Å². The maximum absolute atomic E-state index is 13.3. The summed E-state index contributed by atoms with van der Waals surface area (Å²) in [4.78, 5) is 52.9. The number of aliphatic imine (C=N–C) groups is 1. The first-order valence-corrected chi connectivity index (χ1v) is 13.5. The van der Waals surface area contributed by atoms with Gasteiger partial charge in [-0.1, -0.05) is 72.8 Å². The van der Waals surface area contributed by atoms with Crippen molar-refractivity contribution in [2.75, 3.05) is 13.6 Å². The van der Waals surface area contributed by atoms with Crippen molar-refractivity contribution in [1.82, 2.24) is 21.5 Å². The van der Waals surface area contributed by atoms with Gasteiger partial charge in [-0.25, -0.2) is 4.99 Å². The minimum absolute atomic E-state index is 0.0207. The Morgan fingerprint density at radius 2 is 1.57 bits per heavy atom. The molecule has 3 aromatic carbocycles. The minimum atomic E-state index is -1.17. The predicted octanol–water partition coefficient (Wildman–Crippen LogP) is 0.544. The van der Waals surface area contributed by atoms with Crippen LogP contribution in [0.1, 0.15) is 24.0 Å². The van der Waals surface area contributed by atoms with E-state index < -0.39 is 40.8 Å². The zero-order chi connectivity index (χ0) is 30.5. The first-order chi connectivity index (χ1) is 20.2. The second kappa shape index (κ2) is 15.7. The van der Waals surface area contributed by atoms with Crippen LogP contribution in [-0.4, -0.2) is 60.3 Å². The number of rotatable bonds is 13. The maximum Gasteiger partial charge on any atom is 0.255 e. The van der Waals surface area contributed by atoms with Gasteiger partial charge in [-0.2, -0.15) is 0 Å². The lowest BCUT2D eigenvalue weighted by Crippen LogP contribution is -2.53. The molecule has 0 fully saturated rings. The smallest absolute Gasteiger partial charge is 0.255 e. The van der Waals surface area contributed by atoms with Gasteiger partial charge in [0, 0.05) is 24.8 Å². The fourth-order valence-corrected chi connectivity index (χ4v) is 4.30. The summed E-state index contributed by atoms with van der Waals surface area (Å²) in [6.45, 7) is -0.381. The number of nitrogens with one attached hydrogen (secondary N) is 4. The number of hydrogen-bond donors (Lipinski definition) is 6. The number of carbonyl (C=O) groups excluding carboxylic acids is 3. The Balaban J connectivity index is 1.68. The van der Waals surface area contributed by atoms with Crippen LogP contribution in [0.15, 0.2) is 77.8 Å². The first-order valence-electron chi connectivity index (χ1n) is 13.5. The largest absolute Gasteiger partial charge is 0.369 e. The van der Waals surface area contributed by atoms with Gasteiger partial charge in [-0.15, -0.1) is 0 Å². The van der Waals surface area contributed by atoms with Gasteiger partial charge in [0.2, 0.25) is 24.3 Å². The van der Waals surface area contributed by atoms with Crippen molar-refractivity contribution in [3.05, 3.63) is 94.0 Å². The highest BCUT2D eigenvalue weighted by molar-refractivity contribution is 5.92. The number of amides is 3. The third kappa shape index (κ3) is 9.86. The summed E-state index contributed by atoms with van der Waals surface area (Å²) >= 11 is 0. The van der Waals surface area contributed by atoms with Gasteiger partial charge in [-0.3, -0.25) is 35.3 Å². The van der Waals surface area contributed by atoms with Crippen LogP contribution in [-0.2, 0) is 27.2 Å². The van der Waals surface area contributed by atoms with Gasteiger partial charge in [0.05, 0.1) is 6.04 Å². The Morgan fingerprint density at radius 1 is 0.881 bits per heavy atom. The molecule has 222 valence electrons. The molecule has 42 heavy (non-hydrogen) atoms. The van der Waals surface area contributed by atoms with Gasteiger partial charge in [-0.05, 0) is 34.7 Å². The molecule has 3 amide bonds. The van der Waals surface area contributed by atoms with Gasteiger partial charge in [0.15, 0.2) is 0 Å². The Kier molecular flexibility index (Phi) is 11.7. The molecule has 0 aromatic heterocycles. The molecule has 0 unspecified atom stereocenters. The Labute approximate surface area is 243 Å². The van der Waals surface area contributed by atoms with E-state index in [4.69, 9.17) is 11.5 Å². The standard InChI is InChI=1S/C29H36N8O5/c1-32-27(39)25(18-20-13-14-21-10-5-6-11-22(21)16-20)33-28(40)24(12-7-15-37(41)42)34-29(31)36-35-26(38)23(30)17-19-8-3-2-4-9-19/h2-6,8-11,13-14,16,23-25H,7,12,15,17-18,30H2,1H3,(H,32,39)(H,33,40)(H,35,38)(H3,31,34,36)/t23-,24+,25+/m1/s1. The number of guanidine groups is 1. The van der Waals surface area contributed by atoms with Crippen LogP contribution in [0.4, 0.5) is 0 Å². The summed E-state index contributed by atoms with van der Waals surface area (Å²) in [6.07, 6.45) is 0.499. The van der Waals surface area contributed by atoms with Crippen LogP contribution in [0.2, 0.25) is 0 Å². The number of nitro groups is 1. The molecule has 0 radical (unpaired) electrons. The zero-order valence-corrected chi connectivity index (χ0v) is 23.3. The van der Waals surface area contributed by atoms with Crippen molar-refractivity contribution in [1.29, 1.82) is 0 Å². The molecule has 3 rings (SSSR count). The Morgan fingerprint density at radius 3 is 2.26 bits per heavy atom. The minimum Gasteiger partial charge on any atom is -0.369 e. The normalized spacial score (nSPS) is 13.4. The summed E-state index contributed by atoms with van der Waals surface area (Å²) < 4.78 is 0. The maximum atomic E-state index is 13.3. The van der Waals surface area contributed by atoms with Gasteiger partial charge >= 0.3 is 0 Å². The van der Waals surface area contributed by atoms with E-state index in [1.807, 2.05) is 72.8 Å². The molecule has 0 saturated carbocycles. The predicted molar refractivity (Wildman–Crippen MR) is 160 cm³/mol. The second-order valence-electron chi connectivity index (χ2n) is 9.70. The zero-order valence-electron chi connectivity index (χ0n) is 23.3. The second-order valence-corrected chi connectivity index (χ2v) is 9.70. The molecule has 0 saturated heterocycles. The molecule has 0 aliphatic rings. The molecule has 0 aliphatic heterocycles. The van der Waals surface area contributed by atoms with E-state index in [-0.39, 0.29) is 38.2 Å². The van der Waals surface area contributed by atoms with Gasteiger partial charge < -0.3 is 22.1 Å². The molecule has 8 N–H and O–H groups in total. The average Bonchev–Trinajstić information content (AvgIpc) is 2.98. The third-order valence-electron chi connectivity index (χ3n) is 6.50. The highest BCUT2D eigenvalue weighted by atomic mass is 16.6. The van der Waals surface area contributed by atoms with Crippen LogP contribution >= 0.6 is 0 Å². The molecule has 0 heterocycles. The molecular formula is C29H36N8O5. The van der Waals surface area contributed by atoms with Crippen molar-refractivity contribution in [2.24, 2.45) is 16.5 Å². The number of nitrogens with two attached hydrogens (primary N) is 2. The van der Waals surface area contributed by atoms with E-state index >= 15 is 0 Å². The third-order valence-corrected chi connectivity index (χ3v) is 6.50. The number of likely N-dealkylation sites (N-methyl/N-ethyl adjacent to an activating group) is 1. The number of hydrogen-bond acceptors (Lipinski definition) is 7. The van der Waals surface area contributed by atoms with Crippen molar-refractivity contribution in [3.63, 3.8) is 0 Å². The van der Waals surface area contributed by atoms with E-state index in [0.717, 1.165) is 21.9 Å². The summed E-state index contributed by atoms with van der Waals surface area (Å²) in [6, 6.07) is 19.7. The fraction of sp³-hybridized carbons (Fsp3) is 0.310. The molecular weight excluding hydrogens is 540 g/mol. The molecule has 3 aromatic rings. The Hall–Kier alpha value is -5.04. The van der Waals surface area contributed by atoms with Crippen LogP contribution in [0, 0.1) is 10.1 Å². The van der Waals surface area contributed by atoms with E-state index in [1.165, 1.54) is 7.05 Å². The fourth-order valence-electron chi connectivity index (χ4n) is 4.30. The lowest BCUT2D eigenvalue weighted by atomic mass is 10.0. The van der Waals surface area contributed by atoms with Crippen LogP contribution in [0.3, 0.4) is 0 Å². The van der Waals surface area contributed by atoms with Crippen molar-refractivity contribution in [2.45, 2.75) is 43.8 Å². The van der Waals surface area contributed by atoms with Crippen LogP contribution < -0.4 is 33.0 Å². The summed E-state index contributed by atoms with van der Waals surface area (Å²) in [5.41, 5.74) is 18.4. The van der Waals surface area contributed by atoms with E-state index in [9.17, 15) is 24.5 Å². The van der Waals surface area contributed by atoms with E-state index in [2.05, 4.69) is 26.5 Å². The molecule has 0 spiro atoms. The topological polar surface area (TPSA) is 207 Å². The van der Waals surface area contributed by atoms with Crippen LogP contribution in [0.5, 0.6) is 0 Å². The summed E-state index contributed by atoms with van der Waals surface area (Å²) in [5.74, 6) is -1.93.